The Morgan fingerprint density at radius 1 is 0.439 bits per heavy atom. The summed E-state index contributed by atoms with van der Waals surface area (Å²) in [5, 5.41) is 3.02. The lowest BCUT2D eigenvalue weighted by molar-refractivity contribution is -0.870. The predicted octanol–water partition coefficient (Wildman–Crippen LogP) is 20.4. The number of esters is 1. The van der Waals surface area contributed by atoms with E-state index in [9.17, 15) is 19.0 Å². The number of carbonyl (C=O) groups is 2. The zero-order chi connectivity index (χ0) is 60.0. The predicted molar refractivity (Wildman–Crippen MR) is 353 cm³/mol. The molecular weight excluding hydrogens is 1040 g/mol. The summed E-state index contributed by atoms with van der Waals surface area (Å²) in [7, 11) is 1.15. The highest BCUT2D eigenvalue weighted by Crippen LogP contribution is 2.38. The fourth-order valence-electron chi connectivity index (χ4n) is 9.00. The number of hydrogen-bond donors (Lipinski definition) is 1. The van der Waals surface area contributed by atoms with Crippen LogP contribution < -0.4 is 10.2 Å². The molecule has 0 rings (SSSR count). The Hall–Kier alpha value is -3.59. The first-order valence-electron chi connectivity index (χ1n) is 33.3. The average Bonchev–Trinajstić information content (AvgIpc) is 3.44. The highest BCUT2D eigenvalue weighted by atomic mass is 31.2. The SMILES string of the molecule is CC/C=C\C/C=C\C/C=C\C/C=C\C/C=C\CCCCCCCC(=O)OC(/C=C/CCCCCCCCCCCC)C(COP(=O)([O-])OCC[N+](C)(C)C)NC(=O)CCCCCCCCC/C=C\C/C=C\C/C=C\C/C=C\CCCCC. The normalized spacial score (nSPS) is 14.4. The number of rotatable bonds is 59. The third kappa shape index (κ3) is 61.0. The molecule has 1 N–H and O–H groups in total. The monoisotopic (exact) mass is 1160 g/mol. The van der Waals surface area contributed by atoms with Crippen LogP contribution in [0, 0.1) is 0 Å². The van der Waals surface area contributed by atoms with Crippen molar-refractivity contribution in [2.75, 3.05) is 40.9 Å². The van der Waals surface area contributed by atoms with Crippen LogP contribution in [0.2, 0.25) is 0 Å². The Balaban J connectivity index is 5.24. The minimum atomic E-state index is -4.72. The molecule has 3 unspecified atom stereocenters. The molecule has 0 bridgehead atoms. The lowest BCUT2D eigenvalue weighted by atomic mass is 10.0. The summed E-state index contributed by atoms with van der Waals surface area (Å²) in [5.41, 5.74) is 0. The van der Waals surface area contributed by atoms with Crippen LogP contribution in [0.1, 0.15) is 271 Å². The first-order valence-corrected chi connectivity index (χ1v) is 34.8. The molecule has 0 aliphatic rings. The molecule has 0 fully saturated rings. The summed E-state index contributed by atoms with van der Waals surface area (Å²) in [4.78, 5) is 40.1. The van der Waals surface area contributed by atoms with Crippen molar-refractivity contribution in [1.29, 1.82) is 0 Å². The molecule has 0 aromatic heterocycles. The standard InChI is InChI=1S/C72H125N2O7P/c1-7-10-13-16-19-22-25-28-30-32-34-36-37-39-40-42-44-46-49-52-55-58-61-64-71(75)73-69(68-80-82(77,78)79-67-66-74(4,5)6)70(63-60-57-54-51-48-27-24-21-18-15-12-9-3)81-72(76)65-62-59-56-53-50-47-45-43-41-38-35-33-31-29-26-23-20-17-14-11-8-2/h11,14,19-20,22-23,28-31,34-36,38-40,43,45,60,63,69-70H,7-10,12-13,15-18,21,24-27,32-33,37,41-42,44,46-59,61-62,64-68H2,1-6H3,(H-,73,75,77,78)/b14-11-,22-19-,23-20-,30-28-,31-29-,36-34-,38-35-,40-39-,45-43-,63-60+. The van der Waals surface area contributed by atoms with E-state index in [0.29, 0.717) is 23.9 Å². The van der Waals surface area contributed by atoms with Gasteiger partial charge in [0.2, 0.25) is 5.91 Å². The Kier molecular flexibility index (Phi) is 57.9. The van der Waals surface area contributed by atoms with Gasteiger partial charge in [-0.3, -0.25) is 14.2 Å². The second-order valence-electron chi connectivity index (χ2n) is 23.2. The second kappa shape index (κ2) is 60.5. The molecule has 1 amide bonds. The largest absolute Gasteiger partial charge is 0.756 e. The molecule has 0 saturated carbocycles. The Morgan fingerprint density at radius 3 is 1.20 bits per heavy atom. The van der Waals surface area contributed by atoms with Crippen LogP contribution in [0.3, 0.4) is 0 Å². The van der Waals surface area contributed by atoms with E-state index in [0.717, 1.165) is 135 Å². The molecule has 0 aromatic rings. The number of unbranched alkanes of at least 4 members (excludes halogenated alkanes) is 25. The maximum atomic E-state index is 13.6. The number of allylic oxidation sites excluding steroid dienone is 19. The fourth-order valence-corrected chi connectivity index (χ4v) is 9.73. The van der Waals surface area contributed by atoms with E-state index in [2.05, 4.69) is 135 Å². The van der Waals surface area contributed by atoms with Crippen molar-refractivity contribution in [3.63, 3.8) is 0 Å². The van der Waals surface area contributed by atoms with E-state index >= 15 is 0 Å². The van der Waals surface area contributed by atoms with Gasteiger partial charge in [-0.05, 0) is 122 Å². The van der Waals surface area contributed by atoms with Gasteiger partial charge in [-0.1, -0.05) is 258 Å². The molecule has 0 radical (unpaired) electrons. The van der Waals surface area contributed by atoms with Crippen molar-refractivity contribution in [1.82, 2.24) is 5.32 Å². The maximum absolute atomic E-state index is 13.6. The van der Waals surface area contributed by atoms with Crippen LogP contribution >= 0.6 is 7.82 Å². The summed E-state index contributed by atoms with van der Waals surface area (Å²) < 4.78 is 30.4. The van der Waals surface area contributed by atoms with Gasteiger partial charge in [0.1, 0.15) is 19.3 Å². The van der Waals surface area contributed by atoms with Crippen LogP contribution in [-0.4, -0.2) is 69.4 Å². The van der Waals surface area contributed by atoms with E-state index in [4.69, 9.17) is 13.8 Å². The zero-order valence-corrected chi connectivity index (χ0v) is 54.5. The van der Waals surface area contributed by atoms with Gasteiger partial charge in [-0.2, -0.15) is 0 Å². The van der Waals surface area contributed by atoms with Gasteiger partial charge in [0.05, 0.1) is 33.8 Å². The number of quaternary nitrogens is 1. The van der Waals surface area contributed by atoms with Crippen LogP contribution in [0.5, 0.6) is 0 Å². The van der Waals surface area contributed by atoms with Crippen molar-refractivity contribution >= 4 is 19.7 Å². The third-order valence-electron chi connectivity index (χ3n) is 14.1. The summed E-state index contributed by atoms with van der Waals surface area (Å²) in [5.74, 6) is -0.580. The molecule has 470 valence electrons. The van der Waals surface area contributed by atoms with Crippen molar-refractivity contribution in [3.8, 4) is 0 Å². The first-order chi connectivity index (χ1) is 39.9. The van der Waals surface area contributed by atoms with Crippen molar-refractivity contribution in [2.45, 2.75) is 283 Å². The third-order valence-corrected chi connectivity index (χ3v) is 15.1. The van der Waals surface area contributed by atoms with E-state index in [1.165, 1.54) is 96.3 Å². The fraction of sp³-hybridized carbons (Fsp3) is 0.694. The average molecular weight is 1160 g/mol. The molecule has 0 aromatic carbocycles. The zero-order valence-electron chi connectivity index (χ0n) is 53.7. The number of phosphoric acid groups is 1. The number of likely N-dealkylation sites (N-methyl/N-ethyl adjacent to an activating group) is 1. The molecule has 0 spiro atoms. The van der Waals surface area contributed by atoms with Crippen molar-refractivity contribution in [2.24, 2.45) is 0 Å². The molecule has 0 aliphatic heterocycles. The topological polar surface area (TPSA) is 114 Å². The molecule has 82 heavy (non-hydrogen) atoms. The van der Waals surface area contributed by atoms with Crippen LogP contribution in [0.15, 0.2) is 122 Å². The lowest BCUT2D eigenvalue weighted by Gasteiger charge is -2.30. The number of carbonyl (C=O) groups excluding carboxylic acids is 2. The van der Waals surface area contributed by atoms with Crippen molar-refractivity contribution in [3.05, 3.63) is 122 Å². The highest BCUT2D eigenvalue weighted by molar-refractivity contribution is 7.45. The molecule has 0 saturated heterocycles. The molecule has 0 aliphatic carbocycles. The van der Waals surface area contributed by atoms with Crippen LogP contribution in [-0.2, 0) is 27.9 Å². The van der Waals surface area contributed by atoms with E-state index in [-0.39, 0.29) is 24.9 Å². The molecule has 10 heteroatoms. The van der Waals surface area contributed by atoms with Gasteiger partial charge >= 0.3 is 5.97 Å². The molecular formula is C72H125N2O7P. The van der Waals surface area contributed by atoms with Gasteiger partial charge in [-0.25, -0.2) is 0 Å². The summed E-state index contributed by atoms with van der Waals surface area (Å²) >= 11 is 0. The van der Waals surface area contributed by atoms with Gasteiger partial charge < -0.3 is 28.5 Å². The minimum absolute atomic E-state index is 0.0345. The molecule has 3 atom stereocenters. The molecule has 9 nitrogen and oxygen atoms in total. The number of nitrogens with one attached hydrogen (secondary N) is 1. The number of hydrogen-bond acceptors (Lipinski definition) is 7. The number of ether oxygens (including phenoxy) is 1. The Labute approximate surface area is 505 Å². The van der Waals surface area contributed by atoms with Crippen LogP contribution in [0.25, 0.3) is 0 Å². The second-order valence-corrected chi connectivity index (χ2v) is 24.6. The summed E-state index contributed by atoms with van der Waals surface area (Å²) in [6, 6.07) is -0.912. The quantitative estimate of drug-likeness (QED) is 0.0212. The number of phosphoric ester groups is 1. The lowest BCUT2D eigenvalue weighted by Crippen LogP contribution is -2.47. The van der Waals surface area contributed by atoms with Crippen LogP contribution in [0.4, 0.5) is 0 Å². The highest BCUT2D eigenvalue weighted by Gasteiger charge is 2.27. The van der Waals surface area contributed by atoms with Gasteiger partial charge in [0.25, 0.3) is 7.82 Å². The molecule has 0 heterocycles. The summed E-state index contributed by atoms with van der Waals surface area (Å²) in [6.07, 6.45) is 84.5. The summed E-state index contributed by atoms with van der Waals surface area (Å²) in [6.45, 7) is 6.67. The first kappa shape index (κ1) is 78.4. The van der Waals surface area contributed by atoms with Gasteiger partial charge in [0.15, 0.2) is 0 Å². The van der Waals surface area contributed by atoms with Crippen molar-refractivity contribution < 1.29 is 37.3 Å². The minimum Gasteiger partial charge on any atom is -0.756 e. The number of nitrogens with zero attached hydrogens (tertiary/aromatic N) is 1. The smallest absolute Gasteiger partial charge is 0.306 e. The van der Waals surface area contributed by atoms with E-state index < -0.39 is 26.6 Å². The van der Waals surface area contributed by atoms with Gasteiger partial charge in [0, 0.05) is 12.8 Å². The Morgan fingerprint density at radius 2 is 0.780 bits per heavy atom. The van der Waals surface area contributed by atoms with E-state index in [1.54, 1.807) is 0 Å². The Bertz CT molecular complexity index is 1820. The van der Waals surface area contributed by atoms with Gasteiger partial charge in [-0.15, -0.1) is 0 Å². The maximum Gasteiger partial charge on any atom is 0.306 e. The van der Waals surface area contributed by atoms with E-state index in [1.807, 2.05) is 33.3 Å². The number of amides is 1.